The van der Waals surface area contributed by atoms with Gasteiger partial charge in [-0.2, -0.15) is 0 Å². The molecule has 1 N–H and O–H groups in total. The molecule has 0 spiro atoms. The number of aldehydes is 1. The Balaban J connectivity index is 3.08. The molecule has 0 atom stereocenters. The lowest BCUT2D eigenvalue weighted by Crippen LogP contribution is -2.07. The Morgan fingerprint density at radius 1 is 1.44 bits per heavy atom. The Morgan fingerprint density at radius 2 is 2.19 bits per heavy atom. The van der Waals surface area contributed by atoms with Gasteiger partial charge in [-0.25, -0.2) is 0 Å². The van der Waals surface area contributed by atoms with Crippen molar-refractivity contribution in [3.8, 4) is 0 Å². The molecule has 0 saturated carbocycles. The van der Waals surface area contributed by atoms with Gasteiger partial charge in [0.2, 0.25) is 0 Å². The van der Waals surface area contributed by atoms with Gasteiger partial charge in [0.05, 0.1) is 0 Å². The number of hydrogen-bond donors (Lipinski definition) is 1. The van der Waals surface area contributed by atoms with Crippen molar-refractivity contribution in [3.05, 3.63) is 41.0 Å². The Morgan fingerprint density at radius 3 is 2.75 bits per heavy atom. The Kier molecular flexibility index (Phi) is 4.93. The van der Waals surface area contributed by atoms with Crippen molar-refractivity contribution in [1.82, 2.24) is 5.32 Å². The molecule has 0 aliphatic carbocycles. The number of rotatable bonds is 5. The molecular formula is C14H19NO. The molecule has 1 aromatic rings. The Bertz CT molecular complexity index is 394. The summed E-state index contributed by atoms with van der Waals surface area (Å²) in [5.74, 6) is 0. The number of carbonyl (C=O) groups is 1. The lowest BCUT2D eigenvalue weighted by atomic mass is 10.00. The van der Waals surface area contributed by atoms with Crippen molar-refractivity contribution in [3.63, 3.8) is 0 Å². The minimum absolute atomic E-state index is 0.727. The predicted octanol–water partition coefficient (Wildman–Crippen LogP) is 3.03. The van der Waals surface area contributed by atoms with Gasteiger partial charge in [-0.3, -0.25) is 4.79 Å². The highest BCUT2D eigenvalue weighted by atomic mass is 16.1. The summed E-state index contributed by atoms with van der Waals surface area (Å²) in [6.45, 7) is 4.91. The van der Waals surface area contributed by atoms with Crippen molar-refractivity contribution in [1.29, 1.82) is 0 Å². The third-order valence-electron chi connectivity index (χ3n) is 2.61. The van der Waals surface area contributed by atoms with Crippen LogP contribution in [0.25, 0.3) is 5.57 Å². The van der Waals surface area contributed by atoms with Crippen LogP contribution in [0.15, 0.2) is 24.3 Å². The number of nitrogens with one attached hydrogen (secondary N) is 1. The highest BCUT2D eigenvalue weighted by Gasteiger charge is 2.03. The molecule has 86 valence electrons. The van der Waals surface area contributed by atoms with Gasteiger partial charge in [0.15, 0.2) is 0 Å². The van der Waals surface area contributed by atoms with Crippen molar-refractivity contribution in [2.24, 2.45) is 0 Å². The maximum atomic E-state index is 11.0. The van der Waals surface area contributed by atoms with Crippen molar-refractivity contribution >= 4 is 11.9 Å². The molecule has 0 saturated heterocycles. The van der Waals surface area contributed by atoms with E-state index < -0.39 is 0 Å². The molecule has 0 aliphatic heterocycles. The molecule has 0 unspecified atom stereocenters. The first-order valence-corrected chi connectivity index (χ1v) is 5.62. The average Bonchev–Trinajstić information content (AvgIpc) is 2.30. The summed E-state index contributed by atoms with van der Waals surface area (Å²) in [5.41, 5.74) is 4.17. The van der Waals surface area contributed by atoms with E-state index in [0.717, 1.165) is 35.9 Å². The summed E-state index contributed by atoms with van der Waals surface area (Å²) < 4.78 is 0. The van der Waals surface area contributed by atoms with Crippen LogP contribution in [0.3, 0.4) is 0 Å². The second-order valence-corrected chi connectivity index (χ2v) is 3.86. The molecule has 0 aromatic heterocycles. The standard InChI is InChI=1S/C14H19NO/c1-4-5-11(2)12-6-7-13(9-15-3)14(8-12)10-16/h5-8,10,15H,4,9H2,1-3H3/b11-5-. The van der Waals surface area contributed by atoms with Crippen LogP contribution < -0.4 is 5.32 Å². The van der Waals surface area contributed by atoms with Gasteiger partial charge in [0.1, 0.15) is 6.29 Å². The summed E-state index contributed by atoms with van der Waals surface area (Å²) in [7, 11) is 1.88. The van der Waals surface area contributed by atoms with Crippen LogP contribution in [0.5, 0.6) is 0 Å². The van der Waals surface area contributed by atoms with E-state index in [4.69, 9.17) is 0 Å². The minimum Gasteiger partial charge on any atom is -0.316 e. The summed E-state index contributed by atoms with van der Waals surface area (Å²) in [4.78, 5) is 11.0. The van der Waals surface area contributed by atoms with Gasteiger partial charge in [0.25, 0.3) is 0 Å². The van der Waals surface area contributed by atoms with Gasteiger partial charge >= 0.3 is 0 Å². The van der Waals surface area contributed by atoms with E-state index in [1.165, 1.54) is 5.57 Å². The van der Waals surface area contributed by atoms with Crippen LogP contribution in [0.2, 0.25) is 0 Å². The van der Waals surface area contributed by atoms with E-state index >= 15 is 0 Å². The first-order chi connectivity index (χ1) is 7.72. The Hall–Kier alpha value is -1.41. The minimum atomic E-state index is 0.727. The topological polar surface area (TPSA) is 29.1 Å². The highest BCUT2D eigenvalue weighted by molar-refractivity contribution is 5.80. The fraction of sp³-hybridized carbons (Fsp3) is 0.357. The van der Waals surface area contributed by atoms with Crippen molar-refractivity contribution < 1.29 is 4.79 Å². The van der Waals surface area contributed by atoms with E-state index in [9.17, 15) is 4.79 Å². The lowest BCUT2D eigenvalue weighted by molar-refractivity contribution is 0.112. The first-order valence-electron chi connectivity index (χ1n) is 5.62. The molecule has 0 heterocycles. The molecule has 0 bridgehead atoms. The van der Waals surface area contributed by atoms with Crippen LogP contribution in [0, 0.1) is 0 Å². The smallest absolute Gasteiger partial charge is 0.150 e. The number of carbonyl (C=O) groups excluding carboxylic acids is 1. The van der Waals surface area contributed by atoms with Crippen molar-refractivity contribution in [2.45, 2.75) is 26.8 Å². The van der Waals surface area contributed by atoms with Gasteiger partial charge in [0, 0.05) is 12.1 Å². The molecule has 1 aromatic carbocycles. The van der Waals surface area contributed by atoms with Gasteiger partial charge in [-0.1, -0.05) is 25.1 Å². The molecule has 16 heavy (non-hydrogen) atoms. The fourth-order valence-electron chi connectivity index (χ4n) is 1.73. The van der Waals surface area contributed by atoms with E-state index in [1.54, 1.807) is 0 Å². The van der Waals surface area contributed by atoms with E-state index in [0.29, 0.717) is 0 Å². The van der Waals surface area contributed by atoms with E-state index in [-0.39, 0.29) is 0 Å². The van der Waals surface area contributed by atoms with E-state index in [1.807, 2.05) is 19.2 Å². The van der Waals surface area contributed by atoms with Crippen LogP contribution in [0.1, 0.15) is 41.8 Å². The number of allylic oxidation sites excluding steroid dienone is 2. The lowest BCUT2D eigenvalue weighted by Gasteiger charge is -2.07. The van der Waals surface area contributed by atoms with Crippen molar-refractivity contribution in [2.75, 3.05) is 7.05 Å². The van der Waals surface area contributed by atoms with E-state index in [2.05, 4.69) is 31.3 Å². The van der Waals surface area contributed by atoms with Crippen LogP contribution in [-0.2, 0) is 6.54 Å². The average molecular weight is 217 g/mol. The quantitative estimate of drug-likeness (QED) is 0.768. The van der Waals surface area contributed by atoms with Gasteiger partial charge in [-0.15, -0.1) is 0 Å². The number of hydrogen-bond acceptors (Lipinski definition) is 2. The maximum absolute atomic E-state index is 11.0. The summed E-state index contributed by atoms with van der Waals surface area (Å²) in [6, 6.07) is 6.05. The molecule has 2 heteroatoms. The zero-order valence-corrected chi connectivity index (χ0v) is 10.2. The van der Waals surface area contributed by atoms with Crippen LogP contribution >= 0.6 is 0 Å². The largest absolute Gasteiger partial charge is 0.316 e. The third kappa shape index (κ3) is 3.04. The number of benzene rings is 1. The molecule has 0 amide bonds. The molecule has 0 aliphatic rings. The van der Waals surface area contributed by atoms with Crippen LogP contribution in [0.4, 0.5) is 0 Å². The normalized spacial score (nSPS) is 11.6. The molecule has 2 nitrogen and oxygen atoms in total. The Labute approximate surface area is 97.4 Å². The maximum Gasteiger partial charge on any atom is 0.150 e. The zero-order valence-electron chi connectivity index (χ0n) is 10.2. The van der Waals surface area contributed by atoms with Gasteiger partial charge in [-0.05, 0) is 43.2 Å². The molecule has 0 radical (unpaired) electrons. The van der Waals surface area contributed by atoms with Gasteiger partial charge < -0.3 is 5.32 Å². The predicted molar refractivity (Wildman–Crippen MR) is 68.5 cm³/mol. The second-order valence-electron chi connectivity index (χ2n) is 3.86. The SMILES string of the molecule is CC/C=C(/C)c1ccc(CNC)c(C=O)c1. The first kappa shape index (κ1) is 12.7. The third-order valence-corrected chi connectivity index (χ3v) is 2.61. The zero-order chi connectivity index (χ0) is 12.0. The molecule has 0 fully saturated rings. The summed E-state index contributed by atoms with van der Waals surface area (Å²) in [5, 5.41) is 3.06. The summed E-state index contributed by atoms with van der Waals surface area (Å²) >= 11 is 0. The fourth-order valence-corrected chi connectivity index (χ4v) is 1.73. The highest BCUT2D eigenvalue weighted by Crippen LogP contribution is 2.18. The van der Waals surface area contributed by atoms with Crippen LogP contribution in [-0.4, -0.2) is 13.3 Å². The molecule has 1 rings (SSSR count). The summed E-state index contributed by atoms with van der Waals surface area (Å²) in [6.07, 6.45) is 4.11. The monoisotopic (exact) mass is 217 g/mol. The second kappa shape index (κ2) is 6.23. The molecular weight excluding hydrogens is 198 g/mol.